The quantitative estimate of drug-likeness (QED) is 0.826. The first-order chi connectivity index (χ1) is 9.27. The summed E-state index contributed by atoms with van der Waals surface area (Å²) in [6.07, 6.45) is 0. The summed E-state index contributed by atoms with van der Waals surface area (Å²) in [5, 5.41) is 18.2. The van der Waals surface area contributed by atoms with Crippen molar-refractivity contribution in [2.24, 2.45) is 5.73 Å². The number of ether oxygens (including phenoxy) is 1. The predicted molar refractivity (Wildman–Crippen MR) is 68.5 cm³/mol. The van der Waals surface area contributed by atoms with Gasteiger partial charge in [-0.25, -0.2) is 9.18 Å². The molecule has 0 amide bonds. The van der Waals surface area contributed by atoms with E-state index in [9.17, 15) is 23.1 Å². The van der Waals surface area contributed by atoms with E-state index in [1.807, 2.05) is 0 Å². The molecule has 116 valence electrons. The number of hydrogen-bond donors (Lipinski definition) is 2. The van der Waals surface area contributed by atoms with Crippen LogP contribution in [0.2, 0.25) is 0 Å². The largest absolute Gasteiger partial charge is 0.506 e. The van der Waals surface area contributed by atoms with Gasteiger partial charge in [0, 0.05) is 5.56 Å². The summed E-state index contributed by atoms with van der Waals surface area (Å²) in [5.74, 6) is -8.10. The number of rotatable bonds is 4. The van der Waals surface area contributed by atoms with Gasteiger partial charge in [0.05, 0.1) is 6.61 Å². The first kappa shape index (κ1) is 19.0. The van der Waals surface area contributed by atoms with Gasteiger partial charge in [0.1, 0.15) is 29.2 Å². The van der Waals surface area contributed by atoms with Gasteiger partial charge < -0.3 is 15.6 Å². The molecule has 0 heterocycles. The van der Waals surface area contributed by atoms with Crippen LogP contribution in [0.4, 0.5) is 13.2 Å². The van der Waals surface area contributed by atoms with Gasteiger partial charge in [0.15, 0.2) is 0 Å². The Hall–Kier alpha value is -1.98. The van der Waals surface area contributed by atoms with E-state index in [-0.39, 0.29) is 19.0 Å². The lowest BCUT2D eigenvalue weighted by atomic mass is 9.98. The van der Waals surface area contributed by atoms with Crippen LogP contribution in [-0.4, -0.2) is 23.6 Å². The highest BCUT2D eigenvalue weighted by atomic mass is 35.5. The molecule has 0 unspecified atom stereocenters. The fourth-order valence-corrected chi connectivity index (χ4v) is 1.49. The average molecular weight is 325 g/mol. The van der Waals surface area contributed by atoms with Crippen molar-refractivity contribution in [1.29, 1.82) is 5.26 Å². The Balaban J connectivity index is 0.00000400. The van der Waals surface area contributed by atoms with Crippen molar-refractivity contribution in [3.8, 4) is 11.8 Å². The summed E-state index contributed by atoms with van der Waals surface area (Å²) in [6, 6.07) is 0.538. The van der Waals surface area contributed by atoms with Crippen LogP contribution < -0.4 is 5.73 Å². The molecule has 0 saturated heterocycles. The molecular weight excluding hydrogens is 313 g/mol. The third-order valence-electron chi connectivity index (χ3n) is 2.54. The summed E-state index contributed by atoms with van der Waals surface area (Å²) < 4.78 is 44.8. The smallest absolute Gasteiger partial charge is 0.379 e. The van der Waals surface area contributed by atoms with Gasteiger partial charge in [0.25, 0.3) is 0 Å². The molecule has 0 radical (unpaired) electrons. The van der Waals surface area contributed by atoms with E-state index in [1.165, 1.54) is 13.0 Å². The Morgan fingerprint density at radius 3 is 2.62 bits per heavy atom. The highest BCUT2D eigenvalue weighted by Crippen LogP contribution is 2.37. The van der Waals surface area contributed by atoms with E-state index in [2.05, 4.69) is 4.74 Å². The van der Waals surface area contributed by atoms with Crippen LogP contribution in [0, 0.1) is 17.1 Å². The molecule has 1 aromatic rings. The highest BCUT2D eigenvalue weighted by Gasteiger charge is 2.48. The third kappa shape index (κ3) is 3.56. The molecule has 0 aliphatic heterocycles. The van der Waals surface area contributed by atoms with Crippen molar-refractivity contribution in [1.82, 2.24) is 0 Å². The Bertz CT molecular complexity index is 576. The van der Waals surface area contributed by atoms with E-state index in [4.69, 9.17) is 11.0 Å². The van der Waals surface area contributed by atoms with Gasteiger partial charge in [-0.05, 0) is 13.0 Å². The lowest BCUT2D eigenvalue weighted by Gasteiger charge is -2.22. The van der Waals surface area contributed by atoms with Crippen LogP contribution in [0.1, 0.15) is 24.1 Å². The van der Waals surface area contributed by atoms with Crippen LogP contribution in [0.15, 0.2) is 12.1 Å². The zero-order valence-electron chi connectivity index (χ0n) is 10.8. The standard InChI is InChI=1S/C12H11F3N2O3.ClH/c1-2-20-11(19)12(14,15)10(17)6-3-4-8(13)7(5-16)9(6)18;/h3-4,10,18H,2,17H2,1H3;1H/t10-;/m1./s1. The number of phenols is 1. The second-order valence-corrected chi connectivity index (χ2v) is 3.79. The van der Waals surface area contributed by atoms with Crippen LogP contribution in [0.5, 0.6) is 5.75 Å². The first-order valence-corrected chi connectivity index (χ1v) is 5.49. The van der Waals surface area contributed by atoms with Gasteiger partial charge in [-0.2, -0.15) is 14.0 Å². The first-order valence-electron chi connectivity index (χ1n) is 5.49. The molecule has 1 atom stereocenters. The molecule has 9 heteroatoms. The minimum absolute atomic E-state index is 0. The van der Waals surface area contributed by atoms with E-state index < -0.39 is 40.6 Å². The maximum atomic E-state index is 13.7. The molecule has 1 aromatic carbocycles. The number of carbonyl (C=O) groups excluding carboxylic acids is 1. The summed E-state index contributed by atoms with van der Waals surface area (Å²) in [7, 11) is 0. The van der Waals surface area contributed by atoms with E-state index in [0.29, 0.717) is 6.07 Å². The van der Waals surface area contributed by atoms with Crippen molar-refractivity contribution in [2.45, 2.75) is 18.9 Å². The normalized spacial score (nSPS) is 12.0. The minimum atomic E-state index is -4.13. The maximum absolute atomic E-state index is 13.7. The van der Waals surface area contributed by atoms with Crippen molar-refractivity contribution in [2.75, 3.05) is 6.61 Å². The molecule has 0 aromatic heterocycles. The topological polar surface area (TPSA) is 96.3 Å². The number of esters is 1. The van der Waals surface area contributed by atoms with Gasteiger partial charge in [-0.15, -0.1) is 12.4 Å². The Labute approximate surface area is 124 Å². The third-order valence-corrected chi connectivity index (χ3v) is 2.54. The minimum Gasteiger partial charge on any atom is -0.506 e. The summed E-state index contributed by atoms with van der Waals surface area (Å²) >= 11 is 0. The number of nitrogens with two attached hydrogens (primary N) is 1. The van der Waals surface area contributed by atoms with Gasteiger partial charge >= 0.3 is 11.9 Å². The van der Waals surface area contributed by atoms with E-state index in [1.54, 1.807) is 0 Å². The second kappa shape index (κ2) is 7.15. The van der Waals surface area contributed by atoms with Crippen molar-refractivity contribution in [3.63, 3.8) is 0 Å². The fraction of sp³-hybridized carbons (Fsp3) is 0.333. The van der Waals surface area contributed by atoms with Crippen LogP contribution >= 0.6 is 12.4 Å². The van der Waals surface area contributed by atoms with E-state index >= 15 is 0 Å². The lowest BCUT2D eigenvalue weighted by Crippen LogP contribution is -2.41. The van der Waals surface area contributed by atoms with Crippen molar-refractivity contribution in [3.05, 3.63) is 29.1 Å². The molecule has 0 saturated carbocycles. The number of alkyl halides is 2. The summed E-state index contributed by atoms with van der Waals surface area (Å²) in [5.41, 5.74) is 3.79. The summed E-state index contributed by atoms with van der Waals surface area (Å²) in [4.78, 5) is 11.1. The zero-order chi connectivity index (χ0) is 15.5. The number of phenolic OH excluding ortho intramolecular Hbond substituents is 1. The van der Waals surface area contributed by atoms with Crippen LogP contribution in [-0.2, 0) is 9.53 Å². The number of nitrogens with zero attached hydrogens (tertiary/aromatic N) is 1. The van der Waals surface area contributed by atoms with Gasteiger partial charge in [-0.3, -0.25) is 0 Å². The molecule has 0 aliphatic carbocycles. The zero-order valence-corrected chi connectivity index (χ0v) is 11.6. The fourth-order valence-electron chi connectivity index (χ4n) is 1.49. The maximum Gasteiger partial charge on any atom is 0.379 e. The Morgan fingerprint density at radius 2 is 2.14 bits per heavy atom. The number of carbonyl (C=O) groups is 1. The number of hydrogen-bond acceptors (Lipinski definition) is 5. The molecule has 3 N–H and O–H groups in total. The molecule has 0 aliphatic rings. The molecule has 21 heavy (non-hydrogen) atoms. The lowest BCUT2D eigenvalue weighted by molar-refractivity contribution is -0.174. The Kier molecular flexibility index (Phi) is 6.48. The molecule has 0 fully saturated rings. The monoisotopic (exact) mass is 324 g/mol. The number of nitriles is 1. The van der Waals surface area contributed by atoms with Crippen molar-refractivity contribution < 1.29 is 27.8 Å². The number of aromatic hydroxyl groups is 1. The van der Waals surface area contributed by atoms with Crippen LogP contribution in [0.25, 0.3) is 0 Å². The average Bonchev–Trinajstić information content (AvgIpc) is 2.39. The van der Waals surface area contributed by atoms with Crippen LogP contribution in [0.3, 0.4) is 0 Å². The van der Waals surface area contributed by atoms with Gasteiger partial charge in [-0.1, -0.05) is 6.07 Å². The highest BCUT2D eigenvalue weighted by molar-refractivity contribution is 5.85. The number of benzene rings is 1. The Morgan fingerprint density at radius 1 is 1.57 bits per heavy atom. The molecule has 0 bridgehead atoms. The second-order valence-electron chi connectivity index (χ2n) is 3.79. The molecular formula is C12H12ClF3N2O3. The van der Waals surface area contributed by atoms with Crippen molar-refractivity contribution >= 4 is 18.4 Å². The summed E-state index contributed by atoms with van der Waals surface area (Å²) in [6.45, 7) is 1.06. The molecule has 0 spiro atoms. The molecule has 1 rings (SSSR count). The molecule has 5 nitrogen and oxygen atoms in total. The van der Waals surface area contributed by atoms with E-state index in [0.717, 1.165) is 6.07 Å². The predicted octanol–water partition coefficient (Wildman–Crippen LogP) is 2.02. The van der Waals surface area contributed by atoms with Gasteiger partial charge in [0.2, 0.25) is 0 Å². The number of halogens is 4. The SMILES string of the molecule is CCOC(=O)C(F)(F)[C@H](N)c1ccc(F)c(C#N)c1O.Cl.